The number of fused-ring (bicyclic) bond motifs is 1. The number of nitrogens with one attached hydrogen (secondary N) is 1. The number of aromatic nitrogens is 1. The maximum Gasteiger partial charge on any atom is 0.0630 e. The molecule has 0 spiro atoms. The molecule has 1 aromatic heterocycles. The molecule has 2 aromatic rings. The smallest absolute Gasteiger partial charge is 0.0630 e. The molecule has 3 rings (SSSR count). The second-order valence-electron chi connectivity index (χ2n) is 6.03. The number of hydrogen-bond acceptors (Lipinski definition) is 4. The summed E-state index contributed by atoms with van der Waals surface area (Å²) < 4.78 is 0. The lowest BCUT2D eigenvalue weighted by molar-refractivity contribution is 0.223. The van der Waals surface area contributed by atoms with Crippen molar-refractivity contribution in [2.45, 2.75) is 32.2 Å². The molecule has 0 bridgehead atoms. The summed E-state index contributed by atoms with van der Waals surface area (Å²) in [5.41, 5.74) is 8.14. The van der Waals surface area contributed by atoms with Crippen LogP contribution in [0.25, 0.3) is 10.8 Å². The summed E-state index contributed by atoms with van der Waals surface area (Å²) in [6, 6.07) is 6.51. The largest absolute Gasteiger partial charge is 0.397 e. The van der Waals surface area contributed by atoms with Crippen molar-refractivity contribution in [2.75, 3.05) is 30.7 Å². The fourth-order valence-corrected chi connectivity index (χ4v) is 3.16. The Labute approximate surface area is 126 Å². The predicted octanol–water partition coefficient (Wildman–Crippen LogP) is 3.10. The van der Waals surface area contributed by atoms with Gasteiger partial charge < -0.3 is 16.0 Å². The van der Waals surface area contributed by atoms with Crippen molar-refractivity contribution in [3.8, 4) is 0 Å². The first-order valence-electron chi connectivity index (χ1n) is 7.85. The molecule has 1 saturated heterocycles. The van der Waals surface area contributed by atoms with Gasteiger partial charge in [-0.05, 0) is 45.0 Å². The van der Waals surface area contributed by atoms with Crippen molar-refractivity contribution in [1.82, 2.24) is 9.88 Å². The molecular weight excluding hydrogens is 260 g/mol. The molecule has 0 aliphatic carbocycles. The fraction of sp³-hybridized carbons (Fsp3) is 0.471. The Kier molecular flexibility index (Phi) is 4.25. The average Bonchev–Trinajstić information content (AvgIpc) is 2.51. The molecule has 2 heterocycles. The molecule has 4 heteroatoms. The van der Waals surface area contributed by atoms with Crippen molar-refractivity contribution >= 4 is 22.1 Å². The molecule has 21 heavy (non-hydrogen) atoms. The van der Waals surface area contributed by atoms with E-state index in [1.807, 2.05) is 12.3 Å². The molecule has 1 atom stereocenters. The molecule has 1 aliphatic heterocycles. The maximum atomic E-state index is 6.30. The van der Waals surface area contributed by atoms with E-state index in [1.54, 1.807) is 6.20 Å². The molecule has 3 N–H and O–H groups in total. The zero-order chi connectivity index (χ0) is 14.7. The number of piperidine rings is 1. The zero-order valence-corrected chi connectivity index (χ0v) is 12.7. The lowest BCUT2D eigenvalue weighted by Gasteiger charge is -2.30. The molecule has 112 valence electrons. The molecule has 1 fully saturated rings. The third kappa shape index (κ3) is 3.27. The minimum Gasteiger partial charge on any atom is -0.397 e. The SMILES string of the molecule is CC(CN1CCCCC1)Nc1ccc2cnccc2c1N. The van der Waals surface area contributed by atoms with E-state index in [-0.39, 0.29) is 0 Å². The van der Waals surface area contributed by atoms with E-state index < -0.39 is 0 Å². The van der Waals surface area contributed by atoms with E-state index in [9.17, 15) is 0 Å². The Balaban J connectivity index is 1.70. The van der Waals surface area contributed by atoms with E-state index in [4.69, 9.17) is 5.73 Å². The van der Waals surface area contributed by atoms with Gasteiger partial charge in [0.1, 0.15) is 0 Å². The average molecular weight is 284 g/mol. The summed E-state index contributed by atoms with van der Waals surface area (Å²) in [6.45, 7) is 5.76. The zero-order valence-electron chi connectivity index (χ0n) is 12.7. The van der Waals surface area contributed by atoms with Crippen molar-refractivity contribution < 1.29 is 0 Å². The topological polar surface area (TPSA) is 54.2 Å². The number of rotatable bonds is 4. The van der Waals surface area contributed by atoms with Crippen LogP contribution in [0, 0.1) is 0 Å². The van der Waals surface area contributed by atoms with Gasteiger partial charge in [-0.25, -0.2) is 0 Å². The molecule has 0 radical (unpaired) electrons. The Morgan fingerprint density at radius 3 is 2.86 bits per heavy atom. The minimum absolute atomic E-state index is 0.393. The number of anilines is 2. The van der Waals surface area contributed by atoms with Crippen LogP contribution in [0.4, 0.5) is 11.4 Å². The third-order valence-corrected chi connectivity index (χ3v) is 4.24. The number of nitrogen functional groups attached to an aromatic ring is 1. The van der Waals surface area contributed by atoms with Gasteiger partial charge in [-0.15, -0.1) is 0 Å². The summed E-state index contributed by atoms with van der Waals surface area (Å²) in [5.74, 6) is 0. The molecule has 4 nitrogen and oxygen atoms in total. The molecular formula is C17H24N4. The number of hydrogen-bond donors (Lipinski definition) is 2. The van der Waals surface area contributed by atoms with Crippen molar-refractivity contribution in [2.24, 2.45) is 0 Å². The molecule has 0 saturated carbocycles. The molecule has 1 unspecified atom stereocenters. The van der Waals surface area contributed by atoms with Gasteiger partial charge in [0, 0.05) is 35.8 Å². The van der Waals surface area contributed by atoms with Crippen LogP contribution in [0.3, 0.4) is 0 Å². The van der Waals surface area contributed by atoms with Gasteiger partial charge >= 0.3 is 0 Å². The van der Waals surface area contributed by atoms with Crippen molar-refractivity contribution in [3.63, 3.8) is 0 Å². The van der Waals surface area contributed by atoms with Crippen molar-refractivity contribution in [1.29, 1.82) is 0 Å². The first-order chi connectivity index (χ1) is 10.2. The first-order valence-corrected chi connectivity index (χ1v) is 7.85. The Morgan fingerprint density at radius 1 is 1.24 bits per heavy atom. The Hall–Kier alpha value is -1.81. The van der Waals surface area contributed by atoms with Gasteiger partial charge in [-0.2, -0.15) is 0 Å². The second kappa shape index (κ2) is 6.31. The number of likely N-dealkylation sites (tertiary alicyclic amines) is 1. The van der Waals surface area contributed by atoms with E-state index in [0.717, 1.165) is 28.7 Å². The summed E-state index contributed by atoms with van der Waals surface area (Å²) in [7, 11) is 0. The first kappa shape index (κ1) is 14.1. The van der Waals surface area contributed by atoms with Crippen LogP contribution in [0.15, 0.2) is 30.6 Å². The van der Waals surface area contributed by atoms with Crippen LogP contribution in [-0.2, 0) is 0 Å². The van der Waals surface area contributed by atoms with E-state index in [0.29, 0.717) is 6.04 Å². The van der Waals surface area contributed by atoms with Gasteiger partial charge in [0.2, 0.25) is 0 Å². The summed E-state index contributed by atoms with van der Waals surface area (Å²) in [5, 5.41) is 5.72. The van der Waals surface area contributed by atoms with Crippen molar-refractivity contribution in [3.05, 3.63) is 30.6 Å². The normalized spacial score (nSPS) is 17.8. The third-order valence-electron chi connectivity index (χ3n) is 4.24. The van der Waals surface area contributed by atoms with Crippen LogP contribution in [-0.4, -0.2) is 35.6 Å². The highest BCUT2D eigenvalue weighted by Gasteiger charge is 2.14. The van der Waals surface area contributed by atoms with Crippen LogP contribution in [0.2, 0.25) is 0 Å². The van der Waals surface area contributed by atoms with E-state index in [2.05, 4.69) is 34.3 Å². The summed E-state index contributed by atoms with van der Waals surface area (Å²) in [4.78, 5) is 6.68. The second-order valence-corrected chi connectivity index (χ2v) is 6.03. The number of nitrogens with two attached hydrogens (primary N) is 1. The van der Waals surface area contributed by atoms with Crippen LogP contribution < -0.4 is 11.1 Å². The lowest BCUT2D eigenvalue weighted by Crippen LogP contribution is -2.38. The quantitative estimate of drug-likeness (QED) is 0.847. The number of pyridine rings is 1. The van der Waals surface area contributed by atoms with Crippen LogP contribution >= 0.6 is 0 Å². The Bertz CT molecular complexity index is 605. The molecule has 1 aromatic carbocycles. The number of benzene rings is 1. The highest BCUT2D eigenvalue weighted by atomic mass is 15.2. The van der Waals surface area contributed by atoms with Crippen LogP contribution in [0.1, 0.15) is 26.2 Å². The van der Waals surface area contributed by atoms with Gasteiger partial charge in [-0.1, -0.05) is 12.5 Å². The standard InChI is InChI=1S/C17H24N4/c1-13(12-21-9-3-2-4-10-21)20-16-6-5-14-11-19-8-7-15(14)17(16)18/h5-8,11,13,20H,2-4,9-10,12,18H2,1H3. The fourth-order valence-electron chi connectivity index (χ4n) is 3.16. The maximum absolute atomic E-state index is 6.30. The highest BCUT2D eigenvalue weighted by molar-refractivity contribution is 5.98. The highest BCUT2D eigenvalue weighted by Crippen LogP contribution is 2.28. The van der Waals surface area contributed by atoms with Gasteiger partial charge in [-0.3, -0.25) is 4.98 Å². The number of nitrogens with zero attached hydrogens (tertiary/aromatic N) is 2. The summed E-state index contributed by atoms with van der Waals surface area (Å²) in [6.07, 6.45) is 7.69. The molecule has 1 aliphatic rings. The summed E-state index contributed by atoms with van der Waals surface area (Å²) >= 11 is 0. The molecule has 0 amide bonds. The van der Waals surface area contributed by atoms with Gasteiger partial charge in [0.25, 0.3) is 0 Å². The monoisotopic (exact) mass is 284 g/mol. The van der Waals surface area contributed by atoms with Crippen LogP contribution in [0.5, 0.6) is 0 Å². The van der Waals surface area contributed by atoms with E-state index in [1.165, 1.54) is 32.4 Å². The Morgan fingerprint density at radius 2 is 2.05 bits per heavy atom. The van der Waals surface area contributed by atoms with Gasteiger partial charge in [0.15, 0.2) is 0 Å². The predicted molar refractivity (Wildman–Crippen MR) is 89.5 cm³/mol. The lowest BCUT2D eigenvalue weighted by atomic mass is 10.1. The van der Waals surface area contributed by atoms with E-state index >= 15 is 0 Å². The minimum atomic E-state index is 0.393. The van der Waals surface area contributed by atoms with Gasteiger partial charge in [0.05, 0.1) is 11.4 Å².